The third kappa shape index (κ3) is 2.48. The second-order valence-electron chi connectivity index (χ2n) is 6.12. The molecule has 2 aliphatic rings. The highest BCUT2D eigenvalue weighted by Crippen LogP contribution is 2.48. The summed E-state index contributed by atoms with van der Waals surface area (Å²) < 4.78 is 0.627. The number of anilines is 1. The number of aromatic nitrogens is 2. The quantitative estimate of drug-likeness (QED) is 0.748. The van der Waals surface area contributed by atoms with E-state index >= 15 is 0 Å². The highest BCUT2D eigenvalue weighted by molar-refractivity contribution is 6.30. The number of nitrogens with one attached hydrogen (secondary N) is 2. The maximum Gasteiger partial charge on any atom is 0.292 e. The SMILES string of the molecule is O=c1c2c(nc(NC3(c4ccc(Cl)cc4)CC3)n1O)CCNC2. The van der Waals surface area contributed by atoms with Crippen LogP contribution in [0.15, 0.2) is 29.1 Å². The van der Waals surface area contributed by atoms with Crippen LogP contribution in [0.2, 0.25) is 5.02 Å². The number of fused-ring (bicyclic) bond motifs is 1. The van der Waals surface area contributed by atoms with E-state index in [4.69, 9.17) is 11.6 Å². The summed E-state index contributed by atoms with van der Waals surface area (Å²) in [5, 5.41) is 17.2. The zero-order valence-electron chi connectivity index (χ0n) is 12.5. The van der Waals surface area contributed by atoms with E-state index in [1.54, 1.807) is 0 Å². The Hall–Kier alpha value is -2.05. The standard InChI is InChI=1S/C16H17ClN4O2/c17-11-3-1-10(2-4-11)16(6-7-16)20-15-19-13-5-8-18-9-12(13)14(22)21(15)23/h1-4,18,23H,5-9H2,(H,19,20). The van der Waals surface area contributed by atoms with E-state index in [0.717, 1.165) is 30.6 Å². The molecule has 2 aromatic rings. The maximum absolute atomic E-state index is 12.3. The first kappa shape index (κ1) is 14.5. The van der Waals surface area contributed by atoms with Crippen molar-refractivity contribution >= 4 is 17.5 Å². The summed E-state index contributed by atoms with van der Waals surface area (Å²) in [6.45, 7) is 1.24. The minimum absolute atomic E-state index is 0.211. The van der Waals surface area contributed by atoms with Crippen LogP contribution in [0, 0.1) is 0 Å². The van der Waals surface area contributed by atoms with Gasteiger partial charge in [-0.2, -0.15) is 0 Å². The van der Waals surface area contributed by atoms with Gasteiger partial charge in [-0.05, 0) is 30.5 Å². The smallest absolute Gasteiger partial charge is 0.292 e. The van der Waals surface area contributed by atoms with Crippen molar-refractivity contribution < 1.29 is 5.21 Å². The lowest BCUT2D eigenvalue weighted by Gasteiger charge is -2.22. The molecule has 0 bridgehead atoms. The van der Waals surface area contributed by atoms with E-state index in [0.29, 0.717) is 28.3 Å². The fourth-order valence-electron chi connectivity index (χ4n) is 3.07. The average molecular weight is 333 g/mol. The van der Waals surface area contributed by atoms with Gasteiger partial charge < -0.3 is 15.8 Å². The molecule has 7 heteroatoms. The van der Waals surface area contributed by atoms with Gasteiger partial charge in [0.05, 0.1) is 16.8 Å². The lowest BCUT2D eigenvalue weighted by molar-refractivity contribution is 0.174. The number of hydrogen-bond donors (Lipinski definition) is 3. The van der Waals surface area contributed by atoms with E-state index in [1.165, 1.54) is 0 Å². The van der Waals surface area contributed by atoms with Crippen LogP contribution in [0.4, 0.5) is 5.95 Å². The van der Waals surface area contributed by atoms with Crippen LogP contribution in [0.3, 0.4) is 0 Å². The normalized spacial score (nSPS) is 18.3. The Labute approximate surface area is 138 Å². The Bertz CT molecular complexity index is 812. The molecule has 1 saturated carbocycles. The van der Waals surface area contributed by atoms with Crippen molar-refractivity contribution in [3.05, 3.63) is 56.5 Å². The van der Waals surface area contributed by atoms with Crippen LogP contribution in [-0.2, 0) is 18.5 Å². The molecule has 4 rings (SSSR count). The molecule has 1 aliphatic heterocycles. The van der Waals surface area contributed by atoms with Crippen molar-refractivity contribution in [2.24, 2.45) is 0 Å². The molecule has 0 spiro atoms. The second kappa shape index (κ2) is 5.25. The summed E-state index contributed by atoms with van der Waals surface area (Å²) in [7, 11) is 0. The van der Waals surface area contributed by atoms with Gasteiger partial charge >= 0.3 is 0 Å². The van der Waals surface area contributed by atoms with E-state index in [-0.39, 0.29) is 11.5 Å². The monoisotopic (exact) mass is 332 g/mol. The van der Waals surface area contributed by atoms with Crippen LogP contribution in [0.25, 0.3) is 0 Å². The molecule has 3 N–H and O–H groups in total. The van der Waals surface area contributed by atoms with Gasteiger partial charge in [0.1, 0.15) is 0 Å². The molecular weight excluding hydrogens is 316 g/mol. The Kier molecular flexibility index (Phi) is 3.32. The van der Waals surface area contributed by atoms with Gasteiger partial charge in [0.25, 0.3) is 5.56 Å². The van der Waals surface area contributed by atoms with Crippen molar-refractivity contribution in [3.63, 3.8) is 0 Å². The average Bonchev–Trinajstić information content (AvgIpc) is 3.34. The van der Waals surface area contributed by atoms with Gasteiger partial charge in [-0.1, -0.05) is 23.7 Å². The van der Waals surface area contributed by atoms with Crippen molar-refractivity contribution in [1.82, 2.24) is 15.0 Å². The van der Waals surface area contributed by atoms with E-state index in [2.05, 4.69) is 15.6 Å². The molecule has 120 valence electrons. The zero-order valence-corrected chi connectivity index (χ0v) is 13.2. The Morgan fingerprint density at radius 1 is 1.30 bits per heavy atom. The lowest BCUT2D eigenvalue weighted by Crippen LogP contribution is -2.36. The van der Waals surface area contributed by atoms with E-state index in [1.807, 2.05) is 24.3 Å². The fourth-order valence-corrected chi connectivity index (χ4v) is 3.20. The highest BCUT2D eigenvalue weighted by atomic mass is 35.5. The molecule has 0 radical (unpaired) electrons. The van der Waals surface area contributed by atoms with Crippen LogP contribution in [0.5, 0.6) is 0 Å². The molecule has 6 nitrogen and oxygen atoms in total. The van der Waals surface area contributed by atoms with Gasteiger partial charge in [-0.25, -0.2) is 4.98 Å². The van der Waals surface area contributed by atoms with E-state index in [9.17, 15) is 10.0 Å². The summed E-state index contributed by atoms with van der Waals surface area (Å²) in [6, 6.07) is 7.61. The van der Waals surface area contributed by atoms with Crippen molar-refractivity contribution in [1.29, 1.82) is 0 Å². The van der Waals surface area contributed by atoms with Crippen molar-refractivity contribution in [2.75, 3.05) is 11.9 Å². The van der Waals surface area contributed by atoms with Crippen molar-refractivity contribution in [2.45, 2.75) is 31.3 Å². The summed E-state index contributed by atoms with van der Waals surface area (Å²) in [5.74, 6) is 0.211. The van der Waals surface area contributed by atoms with Crippen LogP contribution in [0.1, 0.15) is 29.7 Å². The second-order valence-corrected chi connectivity index (χ2v) is 6.55. The predicted octanol–water partition coefficient (Wildman–Crippen LogP) is 1.88. The minimum Gasteiger partial charge on any atom is -0.422 e. The number of nitrogens with zero attached hydrogens (tertiary/aromatic N) is 2. The topological polar surface area (TPSA) is 79.2 Å². The summed E-state index contributed by atoms with van der Waals surface area (Å²) >= 11 is 5.94. The Balaban J connectivity index is 1.70. The molecule has 1 aliphatic carbocycles. The maximum atomic E-state index is 12.3. The Morgan fingerprint density at radius 3 is 2.74 bits per heavy atom. The van der Waals surface area contributed by atoms with E-state index < -0.39 is 5.56 Å². The third-order valence-corrected chi connectivity index (χ3v) is 4.83. The van der Waals surface area contributed by atoms with Gasteiger partial charge in [0.2, 0.25) is 5.95 Å². The largest absolute Gasteiger partial charge is 0.422 e. The zero-order chi connectivity index (χ0) is 16.0. The van der Waals surface area contributed by atoms with Crippen molar-refractivity contribution in [3.8, 4) is 0 Å². The molecule has 1 aromatic carbocycles. The number of halogens is 1. The van der Waals surface area contributed by atoms with Crippen LogP contribution in [-0.4, -0.2) is 21.5 Å². The molecule has 2 heterocycles. The van der Waals surface area contributed by atoms with Crippen LogP contribution < -0.4 is 16.2 Å². The van der Waals surface area contributed by atoms with Gasteiger partial charge in [-0.3, -0.25) is 4.79 Å². The van der Waals surface area contributed by atoms with Gasteiger partial charge in [0, 0.05) is 24.5 Å². The first-order valence-electron chi connectivity index (χ1n) is 7.68. The predicted molar refractivity (Wildman–Crippen MR) is 87.1 cm³/mol. The lowest BCUT2D eigenvalue weighted by atomic mass is 10.1. The molecular formula is C16H17ClN4O2. The molecule has 1 aromatic heterocycles. The molecule has 0 atom stereocenters. The first-order valence-corrected chi connectivity index (χ1v) is 8.06. The first-order chi connectivity index (χ1) is 11.1. The summed E-state index contributed by atoms with van der Waals surface area (Å²) in [4.78, 5) is 16.8. The number of rotatable bonds is 3. The summed E-state index contributed by atoms with van der Waals surface area (Å²) in [5.41, 5.74) is 1.69. The number of hydrogen-bond acceptors (Lipinski definition) is 5. The molecule has 0 unspecified atom stereocenters. The highest BCUT2D eigenvalue weighted by Gasteiger charge is 2.45. The number of benzene rings is 1. The molecule has 23 heavy (non-hydrogen) atoms. The minimum atomic E-state index is -0.406. The fraction of sp³-hybridized carbons (Fsp3) is 0.375. The Morgan fingerprint density at radius 2 is 2.04 bits per heavy atom. The molecule has 0 amide bonds. The molecule has 0 saturated heterocycles. The van der Waals surface area contributed by atoms with Gasteiger partial charge in [0.15, 0.2) is 0 Å². The van der Waals surface area contributed by atoms with Gasteiger partial charge in [-0.15, -0.1) is 4.73 Å². The summed E-state index contributed by atoms with van der Waals surface area (Å²) in [6.07, 6.45) is 2.53. The third-order valence-electron chi connectivity index (χ3n) is 4.58. The molecule has 1 fully saturated rings. The van der Waals surface area contributed by atoms with Crippen LogP contribution >= 0.6 is 11.6 Å².